The second-order valence-corrected chi connectivity index (χ2v) is 6.93. The zero-order chi connectivity index (χ0) is 21.1. The molecule has 8 nitrogen and oxygen atoms in total. The van der Waals surface area contributed by atoms with Gasteiger partial charge >= 0.3 is 6.01 Å². The summed E-state index contributed by atoms with van der Waals surface area (Å²) in [6.07, 6.45) is 0.569. The number of rotatable bonds is 6. The van der Waals surface area contributed by atoms with Crippen LogP contribution >= 0.6 is 15.9 Å². The van der Waals surface area contributed by atoms with E-state index in [1.165, 1.54) is 14.2 Å². The van der Waals surface area contributed by atoms with Crippen molar-refractivity contribution in [1.29, 1.82) is 0 Å². The molecule has 0 aliphatic carbocycles. The zero-order valence-corrected chi connectivity index (χ0v) is 17.8. The number of hydrogen-bond acceptors (Lipinski definition) is 8. The molecule has 0 amide bonds. The molecule has 0 unspecified atom stereocenters. The molecule has 30 heavy (non-hydrogen) atoms. The van der Waals surface area contributed by atoms with Crippen LogP contribution in [0.15, 0.2) is 40.9 Å². The van der Waals surface area contributed by atoms with Crippen LogP contribution in [-0.4, -0.2) is 43.7 Å². The monoisotopic (exact) mass is 472 g/mol. The lowest BCUT2D eigenvalue weighted by Gasteiger charge is -2.19. The molecule has 0 spiro atoms. The van der Waals surface area contributed by atoms with Crippen LogP contribution in [-0.2, 0) is 0 Å². The van der Waals surface area contributed by atoms with E-state index in [-0.39, 0.29) is 23.3 Å². The Morgan fingerprint density at radius 1 is 1.00 bits per heavy atom. The van der Waals surface area contributed by atoms with E-state index in [0.29, 0.717) is 35.5 Å². The SMILES string of the molecule is COc1nc(Oc2cccc(-c3ccc4c(c3)OCCO4)c2Br)nc(OC)c1C=O. The number of methoxy groups -OCH3 is 2. The maximum absolute atomic E-state index is 11.3. The molecule has 154 valence electrons. The smallest absolute Gasteiger partial charge is 0.328 e. The molecule has 0 N–H and O–H groups in total. The second kappa shape index (κ2) is 8.58. The highest BCUT2D eigenvalue weighted by atomic mass is 79.9. The van der Waals surface area contributed by atoms with Gasteiger partial charge in [-0.25, -0.2) is 0 Å². The number of carbonyl (C=O) groups is 1. The van der Waals surface area contributed by atoms with Crippen molar-refractivity contribution in [1.82, 2.24) is 9.97 Å². The first-order valence-corrected chi connectivity index (χ1v) is 9.75. The fourth-order valence-electron chi connectivity index (χ4n) is 2.99. The van der Waals surface area contributed by atoms with Gasteiger partial charge in [-0.1, -0.05) is 18.2 Å². The van der Waals surface area contributed by atoms with Gasteiger partial charge in [-0.05, 0) is 45.3 Å². The third kappa shape index (κ3) is 3.76. The molecule has 3 aromatic rings. The minimum Gasteiger partial charge on any atom is -0.486 e. The van der Waals surface area contributed by atoms with Gasteiger partial charge in [0.05, 0.1) is 18.7 Å². The van der Waals surface area contributed by atoms with E-state index in [0.717, 1.165) is 16.9 Å². The summed E-state index contributed by atoms with van der Waals surface area (Å²) in [5, 5.41) is 0. The van der Waals surface area contributed by atoms with Crippen LogP contribution in [0.2, 0.25) is 0 Å². The Bertz CT molecular complexity index is 1080. The van der Waals surface area contributed by atoms with Crippen molar-refractivity contribution in [3.63, 3.8) is 0 Å². The van der Waals surface area contributed by atoms with Crippen molar-refractivity contribution in [2.45, 2.75) is 0 Å². The first kappa shape index (κ1) is 20.0. The van der Waals surface area contributed by atoms with Gasteiger partial charge < -0.3 is 23.7 Å². The van der Waals surface area contributed by atoms with Gasteiger partial charge in [-0.3, -0.25) is 4.79 Å². The van der Waals surface area contributed by atoms with Crippen LogP contribution in [0.3, 0.4) is 0 Å². The molecule has 0 saturated heterocycles. The average Bonchev–Trinajstić information content (AvgIpc) is 2.79. The molecule has 1 aromatic heterocycles. The number of fused-ring (bicyclic) bond motifs is 1. The molecule has 4 rings (SSSR count). The number of ether oxygens (including phenoxy) is 5. The van der Waals surface area contributed by atoms with Crippen molar-refractivity contribution in [3.05, 3.63) is 46.4 Å². The highest BCUT2D eigenvalue weighted by Crippen LogP contribution is 2.41. The van der Waals surface area contributed by atoms with E-state index in [4.69, 9.17) is 23.7 Å². The van der Waals surface area contributed by atoms with Gasteiger partial charge in [0.15, 0.2) is 17.8 Å². The first-order valence-electron chi connectivity index (χ1n) is 8.96. The van der Waals surface area contributed by atoms with Crippen LogP contribution < -0.4 is 23.7 Å². The summed E-state index contributed by atoms with van der Waals surface area (Å²) in [4.78, 5) is 19.6. The van der Waals surface area contributed by atoms with Crippen LogP contribution in [0.25, 0.3) is 11.1 Å². The number of aromatic nitrogens is 2. The van der Waals surface area contributed by atoms with Crippen molar-refractivity contribution in [3.8, 4) is 46.1 Å². The van der Waals surface area contributed by atoms with Gasteiger partial charge in [0.2, 0.25) is 11.8 Å². The van der Waals surface area contributed by atoms with Crippen molar-refractivity contribution >= 4 is 22.2 Å². The molecule has 2 aromatic carbocycles. The lowest BCUT2D eigenvalue weighted by molar-refractivity contribution is 0.111. The Balaban J connectivity index is 1.70. The van der Waals surface area contributed by atoms with E-state index < -0.39 is 0 Å². The topological polar surface area (TPSA) is 89.0 Å². The van der Waals surface area contributed by atoms with Crippen molar-refractivity contribution in [2.75, 3.05) is 27.4 Å². The van der Waals surface area contributed by atoms with Crippen molar-refractivity contribution < 1.29 is 28.5 Å². The number of halogens is 1. The normalized spacial score (nSPS) is 12.2. The standard InChI is InChI=1S/C21H17BrN2O6/c1-26-19-14(11-25)20(27-2)24-21(23-19)30-16-5-3-4-13(18(16)22)12-6-7-15-17(10-12)29-9-8-28-15/h3-7,10-11H,8-9H2,1-2H3. The molecule has 1 aliphatic heterocycles. The molecule has 0 radical (unpaired) electrons. The van der Waals surface area contributed by atoms with Crippen molar-refractivity contribution in [2.24, 2.45) is 0 Å². The summed E-state index contributed by atoms with van der Waals surface area (Å²) in [6, 6.07) is 11.3. The van der Waals surface area contributed by atoms with Crippen LogP contribution in [0.5, 0.6) is 35.0 Å². The molecule has 2 heterocycles. The molecule has 0 fully saturated rings. The third-order valence-corrected chi connectivity index (χ3v) is 5.20. The van der Waals surface area contributed by atoms with E-state index in [1.807, 2.05) is 30.3 Å². The molecule has 0 atom stereocenters. The summed E-state index contributed by atoms with van der Waals surface area (Å²) in [5.74, 6) is 2.01. The number of benzene rings is 2. The van der Waals surface area contributed by atoms with Crippen LogP contribution in [0.4, 0.5) is 0 Å². The fraction of sp³-hybridized carbons (Fsp3) is 0.190. The fourth-order valence-corrected chi connectivity index (χ4v) is 3.56. The van der Waals surface area contributed by atoms with E-state index in [2.05, 4.69) is 25.9 Å². The molecule has 9 heteroatoms. The summed E-state index contributed by atoms with van der Waals surface area (Å²) < 4.78 is 28.1. The van der Waals surface area contributed by atoms with Gasteiger partial charge in [-0.2, -0.15) is 9.97 Å². The Morgan fingerprint density at radius 2 is 1.70 bits per heavy atom. The van der Waals surface area contributed by atoms with Gasteiger partial charge in [0.1, 0.15) is 24.5 Å². The first-order chi connectivity index (χ1) is 14.6. The molecule has 0 bridgehead atoms. The summed E-state index contributed by atoms with van der Waals surface area (Å²) in [6.45, 7) is 1.05. The molecule has 0 saturated carbocycles. The van der Waals surface area contributed by atoms with E-state index in [9.17, 15) is 4.79 Å². The number of hydrogen-bond donors (Lipinski definition) is 0. The van der Waals surface area contributed by atoms with Gasteiger partial charge in [0, 0.05) is 0 Å². The van der Waals surface area contributed by atoms with Crippen LogP contribution in [0.1, 0.15) is 10.4 Å². The third-order valence-electron chi connectivity index (χ3n) is 4.38. The summed E-state index contributed by atoms with van der Waals surface area (Å²) >= 11 is 3.60. The predicted octanol–water partition coefficient (Wildman–Crippen LogP) is 4.30. The van der Waals surface area contributed by atoms with E-state index >= 15 is 0 Å². The molecular formula is C21H17BrN2O6. The molecular weight excluding hydrogens is 456 g/mol. The quantitative estimate of drug-likeness (QED) is 0.490. The summed E-state index contributed by atoms with van der Waals surface area (Å²) in [7, 11) is 2.80. The lowest BCUT2D eigenvalue weighted by Crippen LogP contribution is -2.15. The van der Waals surface area contributed by atoms with Crippen LogP contribution in [0, 0.1) is 0 Å². The predicted molar refractivity (Wildman–Crippen MR) is 111 cm³/mol. The maximum Gasteiger partial charge on any atom is 0.328 e. The molecule has 1 aliphatic rings. The zero-order valence-electron chi connectivity index (χ0n) is 16.2. The average molecular weight is 473 g/mol. The Labute approximate surface area is 180 Å². The lowest BCUT2D eigenvalue weighted by atomic mass is 10.0. The minimum atomic E-state index is -0.0191. The Morgan fingerprint density at radius 3 is 2.37 bits per heavy atom. The Hall–Kier alpha value is -3.33. The largest absolute Gasteiger partial charge is 0.486 e. The minimum absolute atomic E-state index is 0.0191. The number of aldehydes is 1. The highest BCUT2D eigenvalue weighted by molar-refractivity contribution is 9.10. The van der Waals surface area contributed by atoms with Gasteiger partial charge in [0.25, 0.3) is 0 Å². The second-order valence-electron chi connectivity index (χ2n) is 6.13. The maximum atomic E-state index is 11.3. The highest BCUT2D eigenvalue weighted by Gasteiger charge is 2.19. The van der Waals surface area contributed by atoms with Gasteiger partial charge in [-0.15, -0.1) is 0 Å². The van der Waals surface area contributed by atoms with E-state index in [1.54, 1.807) is 6.07 Å². The summed E-state index contributed by atoms with van der Waals surface area (Å²) in [5.41, 5.74) is 1.91. The number of nitrogens with zero attached hydrogens (tertiary/aromatic N) is 2. The Kier molecular flexibility index (Phi) is 5.71. The number of carbonyl (C=O) groups excluding carboxylic acids is 1.